The molecule has 4 rings (SSSR count). The van der Waals surface area contributed by atoms with E-state index >= 15 is 0 Å². The van der Waals surface area contributed by atoms with Gasteiger partial charge in [0.2, 0.25) is 0 Å². The highest BCUT2D eigenvalue weighted by Gasteiger charge is 2.47. The molecule has 0 bridgehead atoms. The Morgan fingerprint density at radius 3 is 3.00 bits per heavy atom. The molecule has 1 atom stereocenters. The molecule has 1 saturated heterocycles. The lowest BCUT2D eigenvalue weighted by molar-refractivity contribution is 0.311. The van der Waals surface area contributed by atoms with Crippen molar-refractivity contribution in [3.63, 3.8) is 0 Å². The highest BCUT2D eigenvalue weighted by atomic mass is 79.9. The first-order chi connectivity index (χ1) is 9.27. The maximum Gasteiger partial charge on any atom is 0.125 e. The minimum absolute atomic E-state index is 0.362. The van der Waals surface area contributed by atoms with E-state index in [9.17, 15) is 0 Å². The maximum atomic E-state index is 5.89. The van der Waals surface area contributed by atoms with E-state index in [4.69, 9.17) is 4.74 Å². The van der Waals surface area contributed by atoms with Crippen LogP contribution in [0.5, 0.6) is 5.75 Å². The van der Waals surface area contributed by atoms with Crippen LogP contribution in [0.1, 0.15) is 36.8 Å². The third-order valence-corrected chi connectivity index (χ3v) is 5.42. The van der Waals surface area contributed by atoms with E-state index in [1.807, 2.05) is 0 Å². The van der Waals surface area contributed by atoms with Gasteiger partial charge in [-0.3, -0.25) is 0 Å². The number of nitrogens with one attached hydrogen (secondary N) is 1. The third-order valence-electron chi connectivity index (χ3n) is 4.97. The monoisotopic (exact) mass is 321 g/mol. The van der Waals surface area contributed by atoms with Crippen molar-refractivity contribution in [2.75, 3.05) is 13.2 Å². The molecule has 3 heteroatoms. The van der Waals surface area contributed by atoms with Crippen LogP contribution in [0.4, 0.5) is 0 Å². The highest BCUT2D eigenvalue weighted by Crippen LogP contribution is 2.47. The van der Waals surface area contributed by atoms with Gasteiger partial charge < -0.3 is 10.1 Å². The lowest BCUT2D eigenvalue weighted by atomic mass is 9.84. The Hall–Kier alpha value is -0.540. The average molecular weight is 322 g/mol. The topological polar surface area (TPSA) is 21.3 Å². The van der Waals surface area contributed by atoms with Crippen LogP contribution in [-0.2, 0) is 12.8 Å². The summed E-state index contributed by atoms with van der Waals surface area (Å²) in [7, 11) is 0. The summed E-state index contributed by atoms with van der Waals surface area (Å²) in [6.45, 7) is 2.04. The van der Waals surface area contributed by atoms with Crippen LogP contribution in [0.3, 0.4) is 0 Å². The summed E-state index contributed by atoms with van der Waals surface area (Å²) in [5.74, 6) is 2.07. The minimum atomic E-state index is 0.362. The first kappa shape index (κ1) is 12.2. The smallest absolute Gasteiger partial charge is 0.125 e. The first-order valence-corrected chi connectivity index (χ1v) is 8.25. The molecule has 0 amide bonds. The minimum Gasteiger partial charge on any atom is -0.493 e. The van der Waals surface area contributed by atoms with Gasteiger partial charge in [0.15, 0.2) is 0 Å². The second-order valence-electron chi connectivity index (χ2n) is 6.29. The van der Waals surface area contributed by atoms with Crippen LogP contribution >= 0.6 is 15.9 Å². The Morgan fingerprint density at radius 2 is 2.26 bits per heavy atom. The number of hydrogen-bond donors (Lipinski definition) is 1. The summed E-state index contributed by atoms with van der Waals surface area (Å²) in [4.78, 5) is 0. The van der Waals surface area contributed by atoms with Gasteiger partial charge >= 0.3 is 0 Å². The fraction of sp³-hybridized carbons (Fsp3) is 0.625. The van der Waals surface area contributed by atoms with Gasteiger partial charge in [-0.15, -0.1) is 0 Å². The van der Waals surface area contributed by atoms with E-state index in [1.54, 1.807) is 0 Å². The summed E-state index contributed by atoms with van der Waals surface area (Å²) < 4.78 is 7.10. The van der Waals surface area contributed by atoms with Gasteiger partial charge in [-0.2, -0.15) is 0 Å². The molecule has 1 unspecified atom stereocenters. The molecular formula is C16H20BrNO. The Morgan fingerprint density at radius 1 is 1.37 bits per heavy atom. The van der Waals surface area contributed by atoms with Crippen molar-refractivity contribution < 1.29 is 4.74 Å². The quantitative estimate of drug-likeness (QED) is 0.920. The zero-order valence-corrected chi connectivity index (χ0v) is 12.8. The molecule has 1 aliphatic carbocycles. The van der Waals surface area contributed by atoms with Crippen LogP contribution in [-0.4, -0.2) is 18.7 Å². The van der Waals surface area contributed by atoms with Crippen LogP contribution in [0.2, 0.25) is 0 Å². The van der Waals surface area contributed by atoms with E-state index in [0.717, 1.165) is 25.4 Å². The third kappa shape index (κ3) is 2.11. The van der Waals surface area contributed by atoms with Gasteiger partial charge in [0.25, 0.3) is 0 Å². The second-order valence-corrected chi connectivity index (χ2v) is 7.20. The molecule has 0 aromatic heterocycles. The average Bonchev–Trinajstić information content (AvgIpc) is 2.97. The molecular weight excluding hydrogens is 302 g/mol. The van der Waals surface area contributed by atoms with Crippen LogP contribution in [0.15, 0.2) is 16.6 Å². The Bertz CT molecular complexity index is 504. The molecule has 2 aliphatic heterocycles. The predicted octanol–water partition coefficient (Wildman–Crippen LogP) is 3.46. The van der Waals surface area contributed by atoms with Gasteiger partial charge in [-0.25, -0.2) is 0 Å². The van der Waals surface area contributed by atoms with Crippen molar-refractivity contribution in [2.24, 2.45) is 5.92 Å². The van der Waals surface area contributed by atoms with E-state index in [2.05, 4.69) is 33.4 Å². The number of halogens is 1. The van der Waals surface area contributed by atoms with E-state index in [1.165, 1.54) is 53.6 Å². The fourth-order valence-electron chi connectivity index (χ4n) is 3.93. The van der Waals surface area contributed by atoms with Crippen molar-refractivity contribution in [1.29, 1.82) is 0 Å². The molecule has 1 aromatic carbocycles. The molecule has 3 aliphatic rings. The Kier molecular flexibility index (Phi) is 2.89. The van der Waals surface area contributed by atoms with Crippen molar-refractivity contribution >= 4 is 15.9 Å². The highest BCUT2D eigenvalue weighted by molar-refractivity contribution is 9.10. The largest absolute Gasteiger partial charge is 0.493 e. The van der Waals surface area contributed by atoms with Gasteiger partial charge in [-0.1, -0.05) is 15.9 Å². The number of hydrogen-bond acceptors (Lipinski definition) is 2. The molecule has 2 fully saturated rings. The normalized spacial score (nSPS) is 29.3. The number of benzene rings is 1. The first-order valence-electron chi connectivity index (χ1n) is 7.46. The molecule has 19 heavy (non-hydrogen) atoms. The lowest BCUT2D eigenvalue weighted by Crippen LogP contribution is -2.44. The maximum absolute atomic E-state index is 5.89. The van der Waals surface area contributed by atoms with Crippen molar-refractivity contribution in [3.8, 4) is 5.75 Å². The molecule has 0 radical (unpaired) electrons. The van der Waals surface area contributed by atoms with Crippen LogP contribution in [0, 0.1) is 5.92 Å². The molecule has 102 valence electrons. The molecule has 2 heterocycles. The molecule has 0 spiro atoms. The standard InChI is InChI=1S/C16H20BrNO/c17-14-8-11-4-7-19-15(11)12(9-14)10-16(13-2-3-13)5-1-6-18-16/h8-9,13,18H,1-7,10H2. The fourth-order valence-corrected chi connectivity index (χ4v) is 4.48. The SMILES string of the molecule is Brc1cc2c(c(CC3(C4CC4)CCCN3)c1)OCC2. The van der Waals surface area contributed by atoms with Crippen molar-refractivity contribution in [1.82, 2.24) is 5.32 Å². The Labute approximate surface area is 123 Å². The molecule has 1 saturated carbocycles. The molecule has 1 aromatic rings. The lowest BCUT2D eigenvalue weighted by Gasteiger charge is -2.30. The van der Waals surface area contributed by atoms with Crippen molar-refractivity contribution in [3.05, 3.63) is 27.7 Å². The van der Waals surface area contributed by atoms with Crippen molar-refractivity contribution in [2.45, 2.75) is 44.1 Å². The number of ether oxygens (including phenoxy) is 1. The summed E-state index contributed by atoms with van der Waals surface area (Å²) in [6, 6.07) is 4.49. The molecule has 2 nitrogen and oxygen atoms in total. The predicted molar refractivity (Wildman–Crippen MR) is 79.7 cm³/mol. The zero-order chi connectivity index (χ0) is 12.9. The van der Waals surface area contributed by atoms with Gasteiger partial charge in [0.1, 0.15) is 5.75 Å². The summed E-state index contributed by atoms with van der Waals surface area (Å²) in [5.41, 5.74) is 3.15. The van der Waals surface area contributed by atoms with Gasteiger partial charge in [0.05, 0.1) is 6.61 Å². The van der Waals surface area contributed by atoms with E-state index in [-0.39, 0.29) is 0 Å². The number of fused-ring (bicyclic) bond motifs is 1. The van der Waals surface area contributed by atoms with Gasteiger partial charge in [-0.05, 0) is 67.8 Å². The van der Waals surface area contributed by atoms with Gasteiger partial charge in [0, 0.05) is 16.4 Å². The van der Waals surface area contributed by atoms with E-state index < -0.39 is 0 Å². The summed E-state index contributed by atoms with van der Waals surface area (Å²) in [6.07, 6.45) is 7.67. The summed E-state index contributed by atoms with van der Waals surface area (Å²) >= 11 is 3.66. The second kappa shape index (κ2) is 4.49. The number of rotatable bonds is 3. The zero-order valence-electron chi connectivity index (χ0n) is 11.2. The van der Waals surface area contributed by atoms with Crippen LogP contribution < -0.4 is 10.1 Å². The molecule has 1 N–H and O–H groups in total. The van der Waals surface area contributed by atoms with E-state index in [0.29, 0.717) is 5.54 Å². The summed E-state index contributed by atoms with van der Waals surface area (Å²) in [5, 5.41) is 3.82. The Balaban J connectivity index is 1.69. The van der Waals surface area contributed by atoms with Crippen LogP contribution in [0.25, 0.3) is 0 Å².